The quantitative estimate of drug-likeness (QED) is 0.459. The van der Waals surface area contributed by atoms with Crippen LogP contribution in [0.25, 0.3) is 10.8 Å². The van der Waals surface area contributed by atoms with Crippen LogP contribution in [0.4, 0.5) is 0 Å². The zero-order chi connectivity index (χ0) is 20.1. The van der Waals surface area contributed by atoms with E-state index in [2.05, 4.69) is 31.3 Å². The van der Waals surface area contributed by atoms with Crippen molar-refractivity contribution in [2.75, 3.05) is 6.54 Å². The zero-order valence-corrected chi connectivity index (χ0v) is 14.9. The number of pyridine rings is 1. The fraction of sp³-hybridized carbons (Fsp3) is 0.0588. The van der Waals surface area contributed by atoms with Gasteiger partial charge in [-0.1, -0.05) is 29.8 Å². The minimum absolute atomic E-state index is 0.0493. The number of carbonyl (C=O) groups is 3. The Bertz CT molecular complexity index is 1130. The van der Waals surface area contributed by atoms with Crippen LogP contribution in [-0.4, -0.2) is 39.4 Å². The van der Waals surface area contributed by atoms with Gasteiger partial charge in [0.05, 0.1) is 11.9 Å². The predicted octanol–water partition coefficient (Wildman–Crippen LogP) is 0.163. The monoisotopic (exact) mass is 400 g/mol. The number of hydrazine groups is 1. The van der Waals surface area contributed by atoms with Crippen LogP contribution < -0.4 is 21.7 Å². The molecule has 28 heavy (non-hydrogen) atoms. The second-order valence-electron chi connectivity index (χ2n) is 5.49. The Morgan fingerprint density at radius 2 is 1.79 bits per heavy atom. The van der Waals surface area contributed by atoms with Crippen molar-refractivity contribution in [1.29, 1.82) is 0 Å². The van der Waals surface area contributed by atoms with Gasteiger partial charge in [0.1, 0.15) is 5.69 Å². The molecule has 142 valence electrons. The fourth-order valence-corrected chi connectivity index (χ4v) is 2.46. The van der Waals surface area contributed by atoms with E-state index in [1.54, 1.807) is 24.3 Å². The summed E-state index contributed by atoms with van der Waals surface area (Å²) in [6.07, 6.45) is 1.36. The zero-order valence-electron chi connectivity index (χ0n) is 14.2. The van der Waals surface area contributed by atoms with Crippen molar-refractivity contribution in [2.24, 2.45) is 0 Å². The van der Waals surface area contributed by atoms with E-state index >= 15 is 0 Å². The number of aromatic nitrogens is 3. The van der Waals surface area contributed by atoms with Gasteiger partial charge in [0.15, 0.2) is 5.69 Å². The third kappa shape index (κ3) is 4.30. The molecule has 1 aromatic carbocycles. The molecule has 4 N–H and O–H groups in total. The van der Waals surface area contributed by atoms with E-state index in [0.29, 0.717) is 10.4 Å². The van der Waals surface area contributed by atoms with Crippen LogP contribution in [0.5, 0.6) is 0 Å². The van der Waals surface area contributed by atoms with E-state index < -0.39 is 29.8 Å². The Kier molecular flexibility index (Phi) is 5.61. The lowest BCUT2D eigenvalue weighted by atomic mass is 10.1. The summed E-state index contributed by atoms with van der Waals surface area (Å²) in [6, 6.07) is 9.27. The summed E-state index contributed by atoms with van der Waals surface area (Å²) in [6.45, 7) is -0.410. The summed E-state index contributed by atoms with van der Waals surface area (Å²) in [5.41, 5.74) is 3.86. The lowest BCUT2D eigenvalue weighted by Gasteiger charge is -2.09. The van der Waals surface area contributed by atoms with Gasteiger partial charge in [0.25, 0.3) is 23.3 Å². The number of nitrogens with one attached hydrogen (secondary N) is 4. The van der Waals surface area contributed by atoms with Crippen LogP contribution >= 0.6 is 11.6 Å². The first-order valence-electron chi connectivity index (χ1n) is 7.92. The summed E-state index contributed by atoms with van der Waals surface area (Å²) >= 11 is 5.77. The highest BCUT2D eigenvalue weighted by atomic mass is 35.5. The molecule has 11 heteroatoms. The first-order valence-corrected chi connectivity index (χ1v) is 8.30. The molecule has 0 saturated carbocycles. The first kappa shape index (κ1) is 19.0. The van der Waals surface area contributed by atoms with Gasteiger partial charge < -0.3 is 5.32 Å². The lowest BCUT2D eigenvalue weighted by Crippen LogP contribution is -2.46. The van der Waals surface area contributed by atoms with Gasteiger partial charge in [0.2, 0.25) is 0 Å². The van der Waals surface area contributed by atoms with E-state index in [1.165, 1.54) is 18.3 Å². The molecule has 3 rings (SSSR count). The van der Waals surface area contributed by atoms with Crippen LogP contribution in [0, 0.1) is 0 Å². The van der Waals surface area contributed by atoms with E-state index in [1.807, 2.05) is 0 Å². The molecule has 0 fully saturated rings. The van der Waals surface area contributed by atoms with Crippen molar-refractivity contribution < 1.29 is 14.4 Å². The number of rotatable bonds is 4. The number of hydrogen-bond acceptors (Lipinski definition) is 6. The fourth-order valence-electron chi connectivity index (χ4n) is 2.30. The van der Waals surface area contributed by atoms with Crippen molar-refractivity contribution >= 4 is 40.1 Å². The largest absolute Gasteiger partial charge is 0.342 e. The molecule has 0 saturated heterocycles. The second kappa shape index (κ2) is 8.27. The normalized spacial score (nSPS) is 10.3. The average molecular weight is 401 g/mol. The number of H-pyrrole nitrogens is 1. The molecule has 0 aliphatic rings. The highest BCUT2D eigenvalue weighted by Gasteiger charge is 2.15. The number of carbonyl (C=O) groups excluding carboxylic acids is 3. The highest BCUT2D eigenvalue weighted by molar-refractivity contribution is 6.30. The van der Waals surface area contributed by atoms with Crippen LogP contribution in [0.2, 0.25) is 5.02 Å². The third-order valence-corrected chi connectivity index (χ3v) is 3.83. The summed E-state index contributed by atoms with van der Waals surface area (Å²) in [5.74, 6) is -2.02. The molecule has 2 heterocycles. The Hall–Kier alpha value is -3.79. The van der Waals surface area contributed by atoms with E-state index in [0.717, 1.165) is 0 Å². The van der Waals surface area contributed by atoms with Gasteiger partial charge in [-0.2, -0.15) is 5.10 Å². The van der Waals surface area contributed by atoms with E-state index in [9.17, 15) is 19.2 Å². The van der Waals surface area contributed by atoms with Crippen molar-refractivity contribution in [3.8, 4) is 0 Å². The Morgan fingerprint density at radius 3 is 2.54 bits per heavy atom. The topological polar surface area (TPSA) is 146 Å². The Balaban J connectivity index is 1.58. The smallest absolute Gasteiger partial charge is 0.290 e. The Labute approximate surface area is 162 Å². The maximum atomic E-state index is 12.2. The minimum atomic E-state index is -0.733. The third-order valence-electron chi connectivity index (χ3n) is 3.59. The second-order valence-corrected chi connectivity index (χ2v) is 5.93. The molecular weight excluding hydrogens is 388 g/mol. The van der Waals surface area contributed by atoms with Gasteiger partial charge in [-0.05, 0) is 18.2 Å². The number of benzene rings is 1. The number of fused-ring (bicyclic) bond motifs is 1. The van der Waals surface area contributed by atoms with Crippen LogP contribution in [-0.2, 0) is 4.79 Å². The van der Waals surface area contributed by atoms with Gasteiger partial charge in [-0.25, -0.2) is 5.10 Å². The van der Waals surface area contributed by atoms with Crippen LogP contribution in [0.15, 0.2) is 47.4 Å². The standard InChI is InChI=1S/C17H13ClN6O4/c18-9-5-6-19-12(7-9)16(27)20-8-13(25)21-24-17(28)14-10-3-1-2-4-11(10)15(26)23-22-14/h1-7H,8H2,(H,20,27)(H,21,25)(H,23,26)(H,24,28). The SMILES string of the molecule is O=C(CNC(=O)c1cc(Cl)ccn1)NNC(=O)c1n[nH]c(=O)c2ccccc12. The number of aromatic amines is 1. The number of nitrogens with zero attached hydrogens (tertiary/aromatic N) is 2. The van der Waals surface area contributed by atoms with Gasteiger partial charge in [-0.3, -0.25) is 35.0 Å². The molecule has 0 bridgehead atoms. The molecular formula is C17H13ClN6O4. The molecule has 0 unspecified atom stereocenters. The average Bonchev–Trinajstić information content (AvgIpc) is 2.70. The maximum Gasteiger partial charge on any atom is 0.290 e. The summed E-state index contributed by atoms with van der Waals surface area (Å²) < 4.78 is 0. The van der Waals surface area contributed by atoms with Crippen molar-refractivity contribution in [2.45, 2.75) is 0 Å². The predicted molar refractivity (Wildman–Crippen MR) is 99.6 cm³/mol. The van der Waals surface area contributed by atoms with Gasteiger partial charge >= 0.3 is 0 Å². The maximum absolute atomic E-state index is 12.2. The molecule has 0 aliphatic heterocycles. The minimum Gasteiger partial charge on any atom is -0.342 e. The molecule has 0 spiro atoms. The number of halogens is 1. The lowest BCUT2D eigenvalue weighted by molar-refractivity contribution is -0.120. The Morgan fingerprint density at radius 1 is 1.04 bits per heavy atom. The van der Waals surface area contributed by atoms with Gasteiger partial charge in [-0.15, -0.1) is 0 Å². The van der Waals surface area contributed by atoms with E-state index in [4.69, 9.17) is 11.6 Å². The van der Waals surface area contributed by atoms with Gasteiger partial charge in [0, 0.05) is 16.6 Å². The number of amides is 3. The number of hydrogen-bond donors (Lipinski definition) is 4. The van der Waals surface area contributed by atoms with Crippen molar-refractivity contribution in [1.82, 2.24) is 31.3 Å². The highest BCUT2D eigenvalue weighted by Crippen LogP contribution is 2.11. The molecule has 0 atom stereocenters. The summed E-state index contributed by atoms with van der Waals surface area (Å²) in [5, 5.41) is 9.23. The van der Waals surface area contributed by atoms with E-state index in [-0.39, 0.29) is 16.8 Å². The molecule has 3 amide bonds. The summed E-state index contributed by atoms with van der Waals surface area (Å²) in [7, 11) is 0. The molecule has 0 aliphatic carbocycles. The molecule has 2 aromatic heterocycles. The molecule has 3 aromatic rings. The molecule has 0 radical (unpaired) electrons. The van der Waals surface area contributed by atoms with Crippen LogP contribution in [0.3, 0.4) is 0 Å². The van der Waals surface area contributed by atoms with Crippen molar-refractivity contribution in [3.63, 3.8) is 0 Å². The first-order chi connectivity index (χ1) is 13.5. The summed E-state index contributed by atoms with van der Waals surface area (Å²) in [4.78, 5) is 51.5. The van der Waals surface area contributed by atoms with Crippen LogP contribution in [0.1, 0.15) is 21.0 Å². The molecule has 10 nitrogen and oxygen atoms in total. The van der Waals surface area contributed by atoms with Crippen molar-refractivity contribution in [3.05, 3.63) is 69.4 Å².